The van der Waals surface area contributed by atoms with E-state index in [2.05, 4.69) is 11.6 Å². The molecule has 1 aromatic carbocycles. The molecule has 1 unspecified atom stereocenters. The van der Waals surface area contributed by atoms with Gasteiger partial charge in [0.05, 0.1) is 17.7 Å². The summed E-state index contributed by atoms with van der Waals surface area (Å²) in [7, 11) is 1.25. The Kier molecular flexibility index (Phi) is 6.49. The van der Waals surface area contributed by atoms with E-state index >= 15 is 0 Å². The van der Waals surface area contributed by atoms with Gasteiger partial charge in [-0.3, -0.25) is 14.3 Å². The quantitative estimate of drug-likeness (QED) is 0.466. The van der Waals surface area contributed by atoms with Crippen LogP contribution in [-0.4, -0.2) is 22.6 Å². The average molecular weight is 388 g/mol. The van der Waals surface area contributed by atoms with Crippen LogP contribution in [0.5, 0.6) is 0 Å². The van der Waals surface area contributed by atoms with Crippen LogP contribution >= 0.6 is 11.8 Å². The molecule has 0 aliphatic carbocycles. The number of nitrogens with one attached hydrogen (secondary N) is 1. The molecule has 1 heterocycles. The molecule has 0 radical (unpaired) electrons. The first kappa shape index (κ1) is 20.8. The van der Waals surface area contributed by atoms with E-state index in [0.717, 1.165) is 16.0 Å². The zero-order valence-electron chi connectivity index (χ0n) is 16.2. The molecule has 0 saturated carbocycles. The standard InChI is InChI=1S/C20H24N2O4S/c1-7-15(19(24)26-6)22-18(16(11(2)3)17(23)21-20(22)25)27-14-9-12(4)8-13(5)10-14/h7-11,15H,1H2,2-6H3,(H,21,23,25). The third kappa shape index (κ3) is 4.42. The first-order valence-corrected chi connectivity index (χ1v) is 9.36. The third-order valence-electron chi connectivity index (χ3n) is 4.06. The lowest BCUT2D eigenvalue weighted by Crippen LogP contribution is -2.38. The Morgan fingerprint density at radius 3 is 2.30 bits per heavy atom. The van der Waals surface area contributed by atoms with Crippen molar-refractivity contribution in [3.05, 3.63) is 68.4 Å². The molecule has 27 heavy (non-hydrogen) atoms. The van der Waals surface area contributed by atoms with Gasteiger partial charge in [-0.2, -0.15) is 0 Å². The van der Waals surface area contributed by atoms with Crippen molar-refractivity contribution in [2.24, 2.45) is 0 Å². The van der Waals surface area contributed by atoms with E-state index < -0.39 is 23.3 Å². The number of carbonyl (C=O) groups excluding carboxylic acids is 1. The van der Waals surface area contributed by atoms with Crippen molar-refractivity contribution in [1.82, 2.24) is 9.55 Å². The highest BCUT2D eigenvalue weighted by molar-refractivity contribution is 7.99. The minimum absolute atomic E-state index is 0.155. The smallest absolute Gasteiger partial charge is 0.333 e. The predicted molar refractivity (Wildman–Crippen MR) is 107 cm³/mol. The number of nitrogens with zero attached hydrogens (tertiary/aromatic N) is 1. The molecule has 0 bridgehead atoms. The van der Waals surface area contributed by atoms with Crippen molar-refractivity contribution < 1.29 is 9.53 Å². The van der Waals surface area contributed by atoms with Crippen LogP contribution in [0.15, 0.2) is 50.4 Å². The summed E-state index contributed by atoms with van der Waals surface area (Å²) in [4.78, 5) is 40.5. The Labute approximate surface area is 162 Å². The van der Waals surface area contributed by atoms with Gasteiger partial charge in [-0.1, -0.05) is 37.8 Å². The van der Waals surface area contributed by atoms with Gasteiger partial charge in [0.25, 0.3) is 5.56 Å². The minimum atomic E-state index is -1.04. The maximum atomic E-state index is 12.6. The van der Waals surface area contributed by atoms with Gasteiger partial charge in [-0.05, 0) is 43.0 Å². The van der Waals surface area contributed by atoms with Gasteiger partial charge in [0, 0.05) is 4.90 Å². The number of carbonyl (C=O) groups is 1. The molecule has 0 fully saturated rings. The largest absolute Gasteiger partial charge is 0.467 e. The Morgan fingerprint density at radius 1 is 1.22 bits per heavy atom. The number of aryl methyl sites for hydroxylation is 2. The Bertz CT molecular complexity index is 968. The van der Waals surface area contributed by atoms with Crippen LogP contribution in [-0.2, 0) is 9.53 Å². The van der Waals surface area contributed by atoms with Crippen molar-refractivity contribution >= 4 is 17.7 Å². The van der Waals surface area contributed by atoms with Crippen LogP contribution in [0.1, 0.15) is 42.5 Å². The van der Waals surface area contributed by atoms with Gasteiger partial charge in [0.2, 0.25) is 0 Å². The van der Waals surface area contributed by atoms with Gasteiger partial charge >= 0.3 is 11.7 Å². The number of benzene rings is 1. The molecule has 0 saturated heterocycles. The topological polar surface area (TPSA) is 81.2 Å². The van der Waals surface area contributed by atoms with Crippen molar-refractivity contribution in [2.75, 3.05) is 7.11 Å². The van der Waals surface area contributed by atoms with Crippen molar-refractivity contribution in [2.45, 2.75) is 49.6 Å². The molecular weight excluding hydrogens is 364 g/mol. The van der Waals surface area contributed by atoms with Crippen LogP contribution in [0.2, 0.25) is 0 Å². The lowest BCUT2D eigenvalue weighted by Gasteiger charge is -2.21. The average Bonchev–Trinajstić information content (AvgIpc) is 2.56. The molecule has 0 amide bonds. The number of hydrogen-bond acceptors (Lipinski definition) is 5. The first-order chi connectivity index (χ1) is 12.7. The van der Waals surface area contributed by atoms with Crippen LogP contribution in [0.25, 0.3) is 0 Å². The number of aromatic nitrogens is 2. The monoisotopic (exact) mass is 388 g/mol. The number of rotatable bonds is 6. The maximum Gasteiger partial charge on any atom is 0.333 e. The second-order valence-electron chi connectivity index (χ2n) is 6.63. The van der Waals surface area contributed by atoms with Gasteiger partial charge in [-0.15, -0.1) is 6.58 Å². The molecule has 6 nitrogen and oxygen atoms in total. The van der Waals surface area contributed by atoms with Gasteiger partial charge in [-0.25, -0.2) is 9.59 Å². The Balaban J connectivity index is 2.81. The molecule has 1 atom stereocenters. The molecule has 2 aromatic rings. The zero-order chi connectivity index (χ0) is 20.3. The summed E-state index contributed by atoms with van der Waals surface area (Å²) < 4.78 is 6.06. The number of esters is 1. The van der Waals surface area contributed by atoms with E-state index in [9.17, 15) is 14.4 Å². The summed E-state index contributed by atoms with van der Waals surface area (Å²) in [5, 5.41) is 0.416. The molecule has 0 aliphatic rings. The van der Waals surface area contributed by atoms with E-state index in [1.165, 1.54) is 29.5 Å². The maximum absolute atomic E-state index is 12.6. The molecular formula is C20H24N2O4S. The van der Waals surface area contributed by atoms with Gasteiger partial charge in [0.1, 0.15) is 0 Å². The second-order valence-corrected chi connectivity index (χ2v) is 7.69. The van der Waals surface area contributed by atoms with Gasteiger partial charge in [0.15, 0.2) is 6.04 Å². The minimum Gasteiger partial charge on any atom is -0.467 e. The molecule has 0 spiro atoms. The molecule has 0 aliphatic heterocycles. The summed E-state index contributed by atoms with van der Waals surface area (Å²) in [5.74, 6) is -0.784. The number of aromatic amines is 1. The van der Waals surface area contributed by atoms with Crippen molar-refractivity contribution in [1.29, 1.82) is 0 Å². The summed E-state index contributed by atoms with van der Waals surface area (Å²) in [6.45, 7) is 11.4. The normalized spacial score (nSPS) is 12.1. The summed E-state index contributed by atoms with van der Waals surface area (Å²) in [5.41, 5.74) is 1.44. The summed E-state index contributed by atoms with van der Waals surface area (Å²) >= 11 is 1.28. The second kappa shape index (κ2) is 8.43. The van der Waals surface area contributed by atoms with Crippen LogP contribution in [0.3, 0.4) is 0 Å². The van der Waals surface area contributed by atoms with Crippen LogP contribution < -0.4 is 11.2 Å². The lowest BCUT2D eigenvalue weighted by molar-refractivity contribution is -0.143. The third-order valence-corrected chi connectivity index (χ3v) is 5.15. The number of methoxy groups -OCH3 is 1. The fourth-order valence-electron chi connectivity index (χ4n) is 2.94. The highest BCUT2D eigenvalue weighted by Gasteiger charge is 2.27. The van der Waals surface area contributed by atoms with E-state index in [4.69, 9.17) is 4.74 Å². The van der Waals surface area contributed by atoms with E-state index in [1.54, 1.807) is 0 Å². The van der Waals surface area contributed by atoms with Crippen LogP contribution in [0.4, 0.5) is 0 Å². The first-order valence-electron chi connectivity index (χ1n) is 8.54. The molecule has 1 aromatic heterocycles. The highest BCUT2D eigenvalue weighted by atomic mass is 32.2. The molecule has 7 heteroatoms. The predicted octanol–water partition coefficient (Wildman–Crippen LogP) is 3.33. The Hall–Kier alpha value is -2.54. The number of H-pyrrole nitrogens is 1. The Morgan fingerprint density at radius 2 is 1.81 bits per heavy atom. The number of hydrogen-bond donors (Lipinski definition) is 1. The van der Waals surface area contributed by atoms with Crippen LogP contribution in [0, 0.1) is 13.8 Å². The van der Waals surface area contributed by atoms with E-state index in [1.807, 2.05) is 45.9 Å². The number of ether oxygens (including phenoxy) is 1. The fourth-order valence-corrected chi connectivity index (χ4v) is 4.39. The zero-order valence-corrected chi connectivity index (χ0v) is 17.0. The van der Waals surface area contributed by atoms with E-state index in [0.29, 0.717) is 10.6 Å². The molecule has 144 valence electrons. The van der Waals surface area contributed by atoms with Crippen molar-refractivity contribution in [3.63, 3.8) is 0 Å². The SMILES string of the molecule is C=CC(C(=O)OC)n1c(Sc2cc(C)cc(C)c2)c(C(C)C)c(=O)[nH]c1=O. The lowest BCUT2D eigenvalue weighted by atomic mass is 10.1. The van der Waals surface area contributed by atoms with E-state index in [-0.39, 0.29) is 5.92 Å². The van der Waals surface area contributed by atoms with Gasteiger partial charge < -0.3 is 4.74 Å². The molecule has 2 rings (SSSR count). The fraction of sp³-hybridized carbons (Fsp3) is 0.350. The molecule has 1 N–H and O–H groups in total. The summed E-state index contributed by atoms with van der Waals surface area (Å²) in [6.07, 6.45) is 1.33. The van der Waals surface area contributed by atoms with Crippen molar-refractivity contribution in [3.8, 4) is 0 Å². The summed E-state index contributed by atoms with van der Waals surface area (Å²) in [6, 6.07) is 4.95. The highest BCUT2D eigenvalue weighted by Crippen LogP contribution is 2.34.